The molecule has 1 aliphatic heterocycles. The Kier molecular flexibility index (Phi) is 3.04. The molecule has 1 aliphatic rings. The monoisotopic (exact) mass is 217 g/mol. The predicted molar refractivity (Wildman–Crippen MR) is 60.4 cm³/mol. The topological polar surface area (TPSA) is 37.4 Å². The molecule has 0 aliphatic carbocycles. The smallest absolute Gasteiger partial charge is 0.229 e. The van der Waals surface area contributed by atoms with Crippen LogP contribution in [0, 0.1) is 5.92 Å². The van der Waals surface area contributed by atoms with Gasteiger partial charge in [0.1, 0.15) is 0 Å². The SMILES string of the molecule is CC1CC(=O)N(Cc2ccccc2)C(=O)C1. The van der Waals surface area contributed by atoms with Crippen LogP contribution in [0.15, 0.2) is 30.3 Å². The molecule has 1 fully saturated rings. The van der Waals surface area contributed by atoms with Crippen molar-refractivity contribution >= 4 is 11.8 Å². The fourth-order valence-corrected chi connectivity index (χ4v) is 1.97. The maximum absolute atomic E-state index is 11.7. The van der Waals surface area contributed by atoms with Crippen molar-refractivity contribution in [2.75, 3.05) is 0 Å². The molecule has 0 unspecified atom stereocenters. The number of rotatable bonds is 2. The highest BCUT2D eigenvalue weighted by atomic mass is 16.2. The van der Waals surface area contributed by atoms with E-state index in [2.05, 4.69) is 0 Å². The van der Waals surface area contributed by atoms with Crippen LogP contribution in [0.5, 0.6) is 0 Å². The number of carbonyl (C=O) groups excluding carboxylic acids is 2. The van der Waals surface area contributed by atoms with Crippen LogP contribution in [0.1, 0.15) is 25.3 Å². The Bertz CT molecular complexity index is 382. The lowest BCUT2D eigenvalue weighted by molar-refractivity contribution is -0.150. The van der Waals surface area contributed by atoms with Gasteiger partial charge in [0.2, 0.25) is 11.8 Å². The summed E-state index contributed by atoms with van der Waals surface area (Å²) in [6.07, 6.45) is 0.969. The molecule has 0 atom stereocenters. The van der Waals surface area contributed by atoms with E-state index >= 15 is 0 Å². The van der Waals surface area contributed by atoms with Gasteiger partial charge in [-0.15, -0.1) is 0 Å². The zero-order valence-electron chi connectivity index (χ0n) is 9.35. The summed E-state index contributed by atoms with van der Waals surface area (Å²) < 4.78 is 0. The van der Waals surface area contributed by atoms with Crippen molar-refractivity contribution < 1.29 is 9.59 Å². The van der Waals surface area contributed by atoms with Crippen molar-refractivity contribution in [1.82, 2.24) is 4.90 Å². The number of hydrogen-bond donors (Lipinski definition) is 0. The van der Waals surface area contributed by atoms with E-state index < -0.39 is 0 Å². The number of benzene rings is 1. The van der Waals surface area contributed by atoms with Gasteiger partial charge >= 0.3 is 0 Å². The van der Waals surface area contributed by atoms with Crippen LogP contribution < -0.4 is 0 Å². The average Bonchev–Trinajstić information content (AvgIpc) is 2.25. The summed E-state index contributed by atoms with van der Waals surface area (Å²) in [5.41, 5.74) is 0.999. The molecule has 84 valence electrons. The lowest BCUT2D eigenvalue weighted by Crippen LogP contribution is -2.42. The minimum atomic E-state index is -0.0485. The van der Waals surface area contributed by atoms with E-state index in [4.69, 9.17) is 0 Å². The molecule has 0 saturated carbocycles. The van der Waals surface area contributed by atoms with Crippen LogP contribution in [0.2, 0.25) is 0 Å². The highest BCUT2D eigenvalue weighted by Crippen LogP contribution is 2.20. The number of likely N-dealkylation sites (tertiary alicyclic amines) is 1. The second-order valence-electron chi connectivity index (χ2n) is 4.37. The number of amides is 2. The van der Waals surface area contributed by atoms with Gasteiger partial charge in [0, 0.05) is 12.8 Å². The van der Waals surface area contributed by atoms with Crippen molar-refractivity contribution in [1.29, 1.82) is 0 Å². The lowest BCUT2D eigenvalue weighted by Gasteiger charge is -2.28. The Morgan fingerprint density at radius 1 is 1.12 bits per heavy atom. The first-order valence-electron chi connectivity index (χ1n) is 5.54. The molecule has 3 heteroatoms. The van der Waals surface area contributed by atoms with Crippen LogP contribution in [0.3, 0.4) is 0 Å². The summed E-state index contributed by atoms with van der Waals surface area (Å²) in [5.74, 6) is 0.0900. The van der Waals surface area contributed by atoms with Gasteiger partial charge in [0.25, 0.3) is 0 Å². The van der Waals surface area contributed by atoms with Crippen molar-refractivity contribution in [2.24, 2.45) is 5.92 Å². The zero-order valence-corrected chi connectivity index (χ0v) is 9.35. The van der Waals surface area contributed by atoms with E-state index in [1.165, 1.54) is 4.90 Å². The molecule has 0 aromatic heterocycles. The van der Waals surface area contributed by atoms with E-state index in [1.807, 2.05) is 37.3 Å². The van der Waals surface area contributed by atoms with E-state index in [0.717, 1.165) is 5.56 Å². The van der Waals surface area contributed by atoms with Gasteiger partial charge in [-0.2, -0.15) is 0 Å². The molecule has 16 heavy (non-hydrogen) atoms. The molecule has 1 saturated heterocycles. The Morgan fingerprint density at radius 2 is 1.69 bits per heavy atom. The Hall–Kier alpha value is -1.64. The van der Waals surface area contributed by atoms with Gasteiger partial charge in [-0.05, 0) is 11.5 Å². The first-order chi connectivity index (χ1) is 7.66. The summed E-state index contributed by atoms with van der Waals surface area (Å²) >= 11 is 0. The molecule has 0 N–H and O–H groups in total. The summed E-state index contributed by atoms with van der Waals surface area (Å²) in [7, 11) is 0. The van der Waals surface area contributed by atoms with E-state index in [1.54, 1.807) is 0 Å². The third-order valence-electron chi connectivity index (χ3n) is 2.83. The third-order valence-corrected chi connectivity index (χ3v) is 2.83. The van der Waals surface area contributed by atoms with Crippen molar-refractivity contribution in [3.63, 3.8) is 0 Å². The molecule has 2 rings (SSSR count). The van der Waals surface area contributed by atoms with E-state index in [9.17, 15) is 9.59 Å². The Labute approximate surface area is 95.1 Å². The van der Waals surface area contributed by atoms with Crippen LogP contribution >= 0.6 is 0 Å². The van der Waals surface area contributed by atoms with Gasteiger partial charge in [0.05, 0.1) is 6.54 Å². The molecule has 2 amide bonds. The number of carbonyl (C=O) groups is 2. The molecular formula is C13H15NO2. The quantitative estimate of drug-likeness (QED) is 0.710. The normalized spacial score (nSPS) is 17.9. The Balaban J connectivity index is 2.10. The van der Waals surface area contributed by atoms with E-state index in [0.29, 0.717) is 19.4 Å². The highest BCUT2D eigenvalue weighted by Gasteiger charge is 2.29. The van der Waals surface area contributed by atoms with Gasteiger partial charge in [-0.1, -0.05) is 37.3 Å². The van der Waals surface area contributed by atoms with Gasteiger partial charge in [-0.25, -0.2) is 0 Å². The molecule has 1 heterocycles. The summed E-state index contributed by atoms with van der Waals surface area (Å²) in [5, 5.41) is 0. The van der Waals surface area contributed by atoms with Crippen LogP contribution in [-0.4, -0.2) is 16.7 Å². The van der Waals surface area contributed by atoms with Gasteiger partial charge < -0.3 is 0 Å². The first-order valence-corrected chi connectivity index (χ1v) is 5.54. The largest absolute Gasteiger partial charge is 0.278 e. The van der Waals surface area contributed by atoms with Crippen LogP contribution in [-0.2, 0) is 16.1 Å². The molecule has 1 aromatic carbocycles. The van der Waals surface area contributed by atoms with Crippen molar-refractivity contribution in [3.8, 4) is 0 Å². The molecule has 0 bridgehead atoms. The third kappa shape index (κ3) is 2.30. The summed E-state index contributed by atoms with van der Waals surface area (Å²) in [6, 6.07) is 9.61. The Morgan fingerprint density at radius 3 is 2.25 bits per heavy atom. The fraction of sp³-hybridized carbons (Fsp3) is 0.385. The highest BCUT2D eigenvalue weighted by molar-refractivity contribution is 5.97. The standard InChI is InChI=1S/C13H15NO2/c1-10-7-12(15)14(13(16)8-10)9-11-5-3-2-4-6-11/h2-6,10H,7-9H2,1H3. The van der Waals surface area contributed by atoms with Crippen molar-refractivity contribution in [3.05, 3.63) is 35.9 Å². The van der Waals surface area contributed by atoms with Crippen molar-refractivity contribution in [2.45, 2.75) is 26.3 Å². The predicted octanol–water partition coefficient (Wildman–Crippen LogP) is 1.97. The molecule has 3 nitrogen and oxygen atoms in total. The number of piperidine rings is 1. The second-order valence-corrected chi connectivity index (χ2v) is 4.37. The van der Waals surface area contributed by atoms with E-state index in [-0.39, 0.29) is 17.7 Å². The number of imide groups is 1. The summed E-state index contributed by atoms with van der Waals surface area (Å²) in [6.45, 7) is 2.35. The molecule has 0 radical (unpaired) electrons. The maximum atomic E-state index is 11.7. The fourth-order valence-electron chi connectivity index (χ4n) is 1.97. The lowest BCUT2D eigenvalue weighted by atomic mass is 9.97. The summed E-state index contributed by atoms with van der Waals surface area (Å²) in [4.78, 5) is 24.8. The second kappa shape index (κ2) is 4.47. The minimum Gasteiger partial charge on any atom is -0.278 e. The maximum Gasteiger partial charge on any atom is 0.229 e. The average molecular weight is 217 g/mol. The minimum absolute atomic E-state index is 0.0485. The molecular weight excluding hydrogens is 202 g/mol. The molecule has 1 aromatic rings. The molecule has 0 spiro atoms. The number of nitrogens with zero attached hydrogens (tertiary/aromatic N) is 1. The first kappa shape index (κ1) is 10.9. The van der Waals surface area contributed by atoms with Crippen LogP contribution in [0.4, 0.5) is 0 Å². The zero-order chi connectivity index (χ0) is 11.5. The number of hydrogen-bond acceptors (Lipinski definition) is 2. The van der Waals surface area contributed by atoms with Gasteiger partial charge in [-0.3, -0.25) is 14.5 Å². The van der Waals surface area contributed by atoms with Gasteiger partial charge in [0.15, 0.2) is 0 Å². The van der Waals surface area contributed by atoms with Crippen LogP contribution in [0.25, 0.3) is 0 Å².